The first-order valence-corrected chi connectivity index (χ1v) is 6.73. The molecular formula is C16H19NO3. The van der Waals surface area contributed by atoms with E-state index in [0.717, 1.165) is 16.9 Å². The van der Waals surface area contributed by atoms with Gasteiger partial charge < -0.3 is 4.74 Å². The highest BCUT2D eigenvalue weighted by Gasteiger charge is 2.22. The average molecular weight is 273 g/mol. The van der Waals surface area contributed by atoms with Crippen LogP contribution in [0.4, 0.5) is 0 Å². The van der Waals surface area contributed by atoms with Crippen LogP contribution in [0.5, 0.6) is 5.75 Å². The molecule has 0 fully saturated rings. The van der Waals surface area contributed by atoms with E-state index < -0.39 is 0 Å². The molecule has 0 saturated heterocycles. The minimum absolute atomic E-state index is 0.238. The summed E-state index contributed by atoms with van der Waals surface area (Å²) >= 11 is 0. The van der Waals surface area contributed by atoms with Crippen LogP contribution in [0.25, 0.3) is 0 Å². The Morgan fingerprint density at radius 1 is 1.00 bits per heavy atom. The second-order valence-corrected chi connectivity index (χ2v) is 5.09. The third-order valence-corrected chi connectivity index (χ3v) is 3.28. The standard InChI is InChI=1S/C16H19NO3/c1-11-9-12(2)16(13(3)10-11)20-8-4-7-17-14(18)5-6-15(17)19/h5-6,9-10H,4,7-8H2,1-3H3. The van der Waals surface area contributed by atoms with E-state index in [1.54, 1.807) is 0 Å². The van der Waals surface area contributed by atoms with Gasteiger partial charge in [-0.3, -0.25) is 14.5 Å². The fourth-order valence-electron chi connectivity index (χ4n) is 2.44. The molecule has 1 aromatic rings. The molecular weight excluding hydrogens is 254 g/mol. The maximum atomic E-state index is 11.4. The molecule has 20 heavy (non-hydrogen) atoms. The van der Waals surface area contributed by atoms with Gasteiger partial charge >= 0.3 is 0 Å². The molecule has 1 heterocycles. The third-order valence-electron chi connectivity index (χ3n) is 3.28. The Balaban J connectivity index is 1.85. The molecule has 1 aliphatic rings. The van der Waals surface area contributed by atoms with Crippen molar-refractivity contribution in [2.24, 2.45) is 0 Å². The molecule has 0 saturated carbocycles. The number of benzene rings is 1. The second-order valence-electron chi connectivity index (χ2n) is 5.09. The number of rotatable bonds is 5. The summed E-state index contributed by atoms with van der Waals surface area (Å²) < 4.78 is 5.78. The summed E-state index contributed by atoms with van der Waals surface area (Å²) in [4.78, 5) is 24.0. The third kappa shape index (κ3) is 3.07. The van der Waals surface area contributed by atoms with Crippen LogP contribution in [0.3, 0.4) is 0 Å². The smallest absolute Gasteiger partial charge is 0.253 e. The second kappa shape index (κ2) is 5.90. The highest BCUT2D eigenvalue weighted by atomic mass is 16.5. The molecule has 0 N–H and O–H groups in total. The summed E-state index contributed by atoms with van der Waals surface area (Å²) in [6.07, 6.45) is 3.24. The molecule has 1 aromatic carbocycles. The van der Waals surface area contributed by atoms with Gasteiger partial charge in [-0.05, 0) is 38.3 Å². The van der Waals surface area contributed by atoms with E-state index >= 15 is 0 Å². The fourth-order valence-corrected chi connectivity index (χ4v) is 2.44. The van der Waals surface area contributed by atoms with Crippen molar-refractivity contribution in [1.29, 1.82) is 0 Å². The lowest BCUT2D eigenvalue weighted by molar-refractivity contribution is -0.136. The number of hydrogen-bond donors (Lipinski definition) is 0. The van der Waals surface area contributed by atoms with Crippen molar-refractivity contribution in [3.8, 4) is 5.75 Å². The molecule has 2 rings (SSSR count). The lowest BCUT2D eigenvalue weighted by Gasteiger charge is -2.16. The Kier molecular flexibility index (Phi) is 4.23. The van der Waals surface area contributed by atoms with Gasteiger partial charge in [-0.2, -0.15) is 0 Å². The number of carbonyl (C=O) groups is 2. The first-order chi connectivity index (χ1) is 9.49. The summed E-state index contributed by atoms with van der Waals surface area (Å²) in [6.45, 7) is 6.98. The van der Waals surface area contributed by atoms with E-state index in [1.807, 2.05) is 13.8 Å². The van der Waals surface area contributed by atoms with Crippen molar-refractivity contribution in [3.63, 3.8) is 0 Å². The van der Waals surface area contributed by atoms with Crippen molar-refractivity contribution < 1.29 is 14.3 Å². The zero-order valence-electron chi connectivity index (χ0n) is 12.1. The summed E-state index contributed by atoms with van der Waals surface area (Å²) in [5.74, 6) is 0.420. The number of ether oxygens (including phenoxy) is 1. The van der Waals surface area contributed by atoms with Gasteiger partial charge in [0.05, 0.1) is 6.61 Å². The van der Waals surface area contributed by atoms with Gasteiger partial charge in [-0.1, -0.05) is 17.7 Å². The van der Waals surface area contributed by atoms with E-state index in [0.29, 0.717) is 19.6 Å². The van der Waals surface area contributed by atoms with Gasteiger partial charge in [0.2, 0.25) is 0 Å². The van der Waals surface area contributed by atoms with E-state index in [-0.39, 0.29) is 11.8 Å². The van der Waals surface area contributed by atoms with Crippen LogP contribution in [0.2, 0.25) is 0 Å². The van der Waals surface area contributed by atoms with Crippen molar-refractivity contribution in [2.75, 3.05) is 13.2 Å². The largest absolute Gasteiger partial charge is 0.493 e. The van der Waals surface area contributed by atoms with Crippen molar-refractivity contribution in [3.05, 3.63) is 41.0 Å². The number of aryl methyl sites for hydroxylation is 3. The average Bonchev–Trinajstić information content (AvgIpc) is 2.67. The van der Waals surface area contributed by atoms with Crippen LogP contribution in [-0.4, -0.2) is 29.9 Å². The highest BCUT2D eigenvalue weighted by Crippen LogP contribution is 2.24. The van der Waals surface area contributed by atoms with Gasteiger partial charge in [0.1, 0.15) is 5.75 Å². The first-order valence-electron chi connectivity index (χ1n) is 6.73. The number of imide groups is 1. The maximum absolute atomic E-state index is 11.4. The highest BCUT2D eigenvalue weighted by molar-refractivity contribution is 6.12. The molecule has 0 aromatic heterocycles. The Hall–Kier alpha value is -2.10. The van der Waals surface area contributed by atoms with Crippen molar-refractivity contribution in [2.45, 2.75) is 27.2 Å². The van der Waals surface area contributed by atoms with Crippen LogP contribution in [0.15, 0.2) is 24.3 Å². The number of carbonyl (C=O) groups excluding carboxylic acids is 2. The molecule has 0 radical (unpaired) electrons. The van der Waals surface area contributed by atoms with Gasteiger partial charge in [-0.15, -0.1) is 0 Å². The van der Waals surface area contributed by atoms with Gasteiger partial charge in [0, 0.05) is 18.7 Å². The molecule has 0 aliphatic carbocycles. The summed E-state index contributed by atoms with van der Waals surface area (Å²) in [7, 11) is 0. The van der Waals surface area contributed by atoms with E-state index in [1.165, 1.54) is 22.6 Å². The normalized spacial score (nSPS) is 14.2. The minimum Gasteiger partial charge on any atom is -0.493 e. The van der Waals surface area contributed by atoms with Gasteiger partial charge in [0.15, 0.2) is 0 Å². The van der Waals surface area contributed by atoms with Crippen molar-refractivity contribution in [1.82, 2.24) is 4.90 Å². The Morgan fingerprint density at radius 3 is 2.10 bits per heavy atom. The molecule has 1 aliphatic heterocycles. The molecule has 2 amide bonds. The quantitative estimate of drug-likeness (QED) is 0.611. The van der Waals surface area contributed by atoms with E-state index in [4.69, 9.17) is 4.74 Å². The minimum atomic E-state index is -0.238. The summed E-state index contributed by atoms with van der Waals surface area (Å²) in [5.41, 5.74) is 3.43. The number of hydrogen-bond acceptors (Lipinski definition) is 3. The zero-order valence-corrected chi connectivity index (χ0v) is 12.1. The van der Waals surface area contributed by atoms with E-state index in [2.05, 4.69) is 19.1 Å². The topological polar surface area (TPSA) is 46.6 Å². The molecule has 4 nitrogen and oxygen atoms in total. The van der Waals surface area contributed by atoms with Crippen molar-refractivity contribution >= 4 is 11.8 Å². The molecule has 106 valence electrons. The number of amides is 2. The summed E-state index contributed by atoms with van der Waals surface area (Å²) in [6, 6.07) is 4.17. The molecule has 0 bridgehead atoms. The van der Waals surface area contributed by atoms with Crippen LogP contribution >= 0.6 is 0 Å². The first kappa shape index (κ1) is 14.3. The zero-order chi connectivity index (χ0) is 14.7. The number of nitrogens with zero attached hydrogens (tertiary/aromatic N) is 1. The predicted molar refractivity (Wildman–Crippen MR) is 76.6 cm³/mol. The van der Waals surface area contributed by atoms with Crippen LogP contribution in [0.1, 0.15) is 23.1 Å². The molecule has 0 spiro atoms. The Labute approximate surface area is 119 Å². The molecule has 0 atom stereocenters. The van der Waals surface area contributed by atoms with Crippen LogP contribution < -0.4 is 4.74 Å². The lowest BCUT2D eigenvalue weighted by Crippen LogP contribution is -2.31. The molecule has 0 unspecified atom stereocenters. The van der Waals surface area contributed by atoms with Gasteiger partial charge in [0.25, 0.3) is 11.8 Å². The van der Waals surface area contributed by atoms with Gasteiger partial charge in [-0.25, -0.2) is 0 Å². The Bertz CT molecular complexity index is 534. The Morgan fingerprint density at radius 2 is 1.55 bits per heavy atom. The van der Waals surface area contributed by atoms with E-state index in [9.17, 15) is 9.59 Å². The predicted octanol–water partition coefficient (Wildman–Crippen LogP) is 2.31. The monoisotopic (exact) mass is 273 g/mol. The SMILES string of the molecule is Cc1cc(C)c(OCCCN2C(=O)C=CC2=O)c(C)c1. The van der Waals surface area contributed by atoms with Crippen LogP contribution in [0, 0.1) is 20.8 Å². The maximum Gasteiger partial charge on any atom is 0.253 e. The fraction of sp³-hybridized carbons (Fsp3) is 0.375. The lowest BCUT2D eigenvalue weighted by atomic mass is 10.1. The van der Waals surface area contributed by atoms with Crippen LogP contribution in [-0.2, 0) is 9.59 Å². The summed E-state index contributed by atoms with van der Waals surface area (Å²) in [5, 5.41) is 0. The molecule has 4 heteroatoms.